The average molecular weight is 265 g/mol. The van der Waals surface area contributed by atoms with Crippen molar-refractivity contribution in [1.82, 2.24) is 15.0 Å². The van der Waals surface area contributed by atoms with Gasteiger partial charge in [-0.15, -0.1) is 0 Å². The molecule has 1 N–H and O–H groups in total. The van der Waals surface area contributed by atoms with Crippen molar-refractivity contribution in [1.29, 1.82) is 0 Å². The molecule has 2 heterocycles. The number of hydrogen-bond acceptors (Lipinski definition) is 5. The van der Waals surface area contributed by atoms with Crippen LogP contribution in [-0.2, 0) is 6.54 Å². The van der Waals surface area contributed by atoms with Gasteiger partial charge in [0.05, 0.1) is 6.54 Å². The van der Waals surface area contributed by atoms with E-state index in [0.717, 1.165) is 0 Å². The summed E-state index contributed by atoms with van der Waals surface area (Å²) in [6.45, 7) is 2.29. The standard InChI is InChI=1S/C10H14F3N3O2/c1-7-14-8(18-15-7)6-16-4-2-9(17,3-5-16)10(11,12)13/h17H,2-6H2,1H3. The Labute approximate surface area is 102 Å². The van der Waals surface area contributed by atoms with Crippen LogP contribution >= 0.6 is 0 Å². The number of likely N-dealkylation sites (tertiary alicyclic amines) is 1. The van der Waals surface area contributed by atoms with Crippen molar-refractivity contribution >= 4 is 0 Å². The molecule has 0 spiro atoms. The molecule has 1 saturated heterocycles. The van der Waals surface area contributed by atoms with Gasteiger partial charge in [0.25, 0.3) is 0 Å². The molecular weight excluding hydrogens is 251 g/mol. The summed E-state index contributed by atoms with van der Waals surface area (Å²) in [4.78, 5) is 5.74. The van der Waals surface area contributed by atoms with Gasteiger partial charge in [-0.2, -0.15) is 18.2 Å². The van der Waals surface area contributed by atoms with Crippen molar-refractivity contribution in [3.8, 4) is 0 Å². The van der Waals surface area contributed by atoms with E-state index in [4.69, 9.17) is 4.52 Å². The highest BCUT2D eigenvalue weighted by atomic mass is 19.4. The van der Waals surface area contributed by atoms with Crippen LogP contribution in [0.1, 0.15) is 24.6 Å². The minimum absolute atomic E-state index is 0.150. The Kier molecular flexibility index (Phi) is 3.33. The van der Waals surface area contributed by atoms with Crippen LogP contribution in [0.15, 0.2) is 4.52 Å². The summed E-state index contributed by atoms with van der Waals surface area (Å²) in [6.07, 6.45) is -5.23. The molecule has 1 aromatic rings. The number of alkyl halides is 3. The van der Waals surface area contributed by atoms with E-state index in [-0.39, 0.29) is 25.9 Å². The third-order valence-corrected chi connectivity index (χ3v) is 3.14. The highest BCUT2D eigenvalue weighted by molar-refractivity contribution is 4.93. The maximum atomic E-state index is 12.6. The molecule has 8 heteroatoms. The SMILES string of the molecule is Cc1noc(CN2CCC(O)(C(F)(F)F)CC2)n1. The molecular formula is C10H14F3N3O2. The second kappa shape index (κ2) is 4.51. The van der Waals surface area contributed by atoms with Crippen LogP contribution in [0.25, 0.3) is 0 Å². The molecule has 2 rings (SSSR count). The van der Waals surface area contributed by atoms with E-state index in [1.807, 2.05) is 0 Å². The Hall–Kier alpha value is -1.15. The zero-order valence-electron chi connectivity index (χ0n) is 9.87. The summed E-state index contributed by atoms with van der Waals surface area (Å²) in [6, 6.07) is 0. The molecule has 1 aliphatic rings. The Morgan fingerprint density at radius 1 is 1.39 bits per heavy atom. The molecule has 1 aromatic heterocycles. The van der Waals surface area contributed by atoms with Gasteiger partial charge in [0, 0.05) is 13.1 Å². The minimum atomic E-state index is -4.57. The smallest absolute Gasteiger partial charge is 0.380 e. The number of aromatic nitrogens is 2. The Bertz CT molecular complexity index is 411. The van der Waals surface area contributed by atoms with Gasteiger partial charge in [0.1, 0.15) is 0 Å². The topological polar surface area (TPSA) is 62.4 Å². The lowest BCUT2D eigenvalue weighted by Gasteiger charge is -2.38. The molecule has 102 valence electrons. The van der Waals surface area contributed by atoms with Gasteiger partial charge < -0.3 is 9.63 Å². The molecule has 0 aromatic carbocycles. The number of hydrogen-bond donors (Lipinski definition) is 1. The van der Waals surface area contributed by atoms with E-state index in [9.17, 15) is 18.3 Å². The molecule has 0 radical (unpaired) electrons. The quantitative estimate of drug-likeness (QED) is 0.872. The third-order valence-electron chi connectivity index (χ3n) is 3.14. The first kappa shape index (κ1) is 13.3. The van der Waals surface area contributed by atoms with E-state index in [1.54, 1.807) is 11.8 Å². The third kappa shape index (κ3) is 2.64. The average Bonchev–Trinajstić information content (AvgIpc) is 2.66. The van der Waals surface area contributed by atoms with E-state index in [0.29, 0.717) is 18.3 Å². The number of piperidine rings is 1. The first-order chi connectivity index (χ1) is 8.30. The lowest BCUT2D eigenvalue weighted by Crippen LogP contribution is -2.53. The van der Waals surface area contributed by atoms with E-state index >= 15 is 0 Å². The van der Waals surface area contributed by atoms with E-state index in [2.05, 4.69) is 10.1 Å². The normalized spacial score (nSPS) is 21.2. The monoisotopic (exact) mass is 265 g/mol. The summed E-state index contributed by atoms with van der Waals surface area (Å²) in [5.41, 5.74) is -2.56. The van der Waals surface area contributed by atoms with Crippen LogP contribution in [0.5, 0.6) is 0 Å². The van der Waals surface area contributed by atoms with Gasteiger partial charge in [0.2, 0.25) is 5.89 Å². The maximum absolute atomic E-state index is 12.6. The molecule has 18 heavy (non-hydrogen) atoms. The fourth-order valence-electron chi connectivity index (χ4n) is 1.96. The van der Waals surface area contributed by atoms with Crippen LogP contribution in [0.4, 0.5) is 13.2 Å². The molecule has 1 fully saturated rings. The van der Waals surface area contributed by atoms with E-state index in [1.165, 1.54) is 0 Å². The van der Waals surface area contributed by atoms with Gasteiger partial charge in [-0.25, -0.2) is 0 Å². The molecule has 0 amide bonds. The number of nitrogens with zero attached hydrogens (tertiary/aromatic N) is 3. The Morgan fingerprint density at radius 3 is 2.44 bits per heavy atom. The van der Waals surface area contributed by atoms with Crippen LogP contribution in [0, 0.1) is 6.92 Å². The lowest BCUT2D eigenvalue weighted by atomic mass is 9.91. The number of halogens is 3. The van der Waals surface area contributed by atoms with Crippen molar-refractivity contribution in [3.05, 3.63) is 11.7 Å². The molecule has 0 aliphatic carbocycles. The molecule has 0 bridgehead atoms. The molecule has 1 aliphatic heterocycles. The van der Waals surface area contributed by atoms with Gasteiger partial charge >= 0.3 is 6.18 Å². The summed E-state index contributed by atoms with van der Waals surface area (Å²) in [5, 5.41) is 13.1. The number of aliphatic hydroxyl groups is 1. The zero-order valence-corrected chi connectivity index (χ0v) is 9.87. The van der Waals surface area contributed by atoms with Gasteiger partial charge in [0.15, 0.2) is 11.4 Å². The fraction of sp³-hybridized carbons (Fsp3) is 0.800. The van der Waals surface area contributed by atoms with Crippen LogP contribution in [0.3, 0.4) is 0 Å². The number of aryl methyl sites for hydroxylation is 1. The predicted octanol–water partition coefficient (Wildman–Crippen LogP) is 1.27. The van der Waals surface area contributed by atoms with Gasteiger partial charge in [-0.3, -0.25) is 4.90 Å². The van der Waals surface area contributed by atoms with Crippen molar-refractivity contribution < 1.29 is 22.8 Å². The van der Waals surface area contributed by atoms with Crippen molar-refractivity contribution in [2.24, 2.45) is 0 Å². The second-order valence-electron chi connectivity index (χ2n) is 4.54. The largest absolute Gasteiger partial charge is 0.417 e. The highest BCUT2D eigenvalue weighted by Gasteiger charge is 2.54. The maximum Gasteiger partial charge on any atom is 0.417 e. The summed E-state index contributed by atoms with van der Waals surface area (Å²) in [7, 11) is 0. The van der Waals surface area contributed by atoms with Crippen molar-refractivity contribution in [3.63, 3.8) is 0 Å². The Balaban J connectivity index is 1.91. The first-order valence-corrected chi connectivity index (χ1v) is 5.61. The predicted molar refractivity (Wildman–Crippen MR) is 54.6 cm³/mol. The Morgan fingerprint density at radius 2 is 2.00 bits per heavy atom. The van der Waals surface area contributed by atoms with Crippen molar-refractivity contribution in [2.75, 3.05) is 13.1 Å². The van der Waals surface area contributed by atoms with Crippen LogP contribution < -0.4 is 0 Å². The van der Waals surface area contributed by atoms with Crippen molar-refractivity contribution in [2.45, 2.75) is 38.1 Å². The second-order valence-corrected chi connectivity index (χ2v) is 4.54. The first-order valence-electron chi connectivity index (χ1n) is 5.61. The molecule has 0 saturated carbocycles. The molecule has 0 atom stereocenters. The highest BCUT2D eigenvalue weighted by Crippen LogP contribution is 2.38. The van der Waals surface area contributed by atoms with Gasteiger partial charge in [-0.05, 0) is 19.8 Å². The summed E-state index contributed by atoms with van der Waals surface area (Å²) < 4.78 is 42.6. The molecule has 0 unspecified atom stereocenters. The van der Waals surface area contributed by atoms with Gasteiger partial charge in [-0.1, -0.05) is 5.16 Å². The fourth-order valence-corrected chi connectivity index (χ4v) is 1.96. The van der Waals surface area contributed by atoms with Crippen LogP contribution in [-0.4, -0.2) is 45.0 Å². The molecule has 5 nitrogen and oxygen atoms in total. The lowest BCUT2D eigenvalue weighted by molar-refractivity contribution is -0.273. The summed E-state index contributed by atoms with van der Waals surface area (Å²) in [5.74, 6) is 0.874. The van der Waals surface area contributed by atoms with E-state index < -0.39 is 11.8 Å². The number of rotatable bonds is 2. The van der Waals surface area contributed by atoms with Crippen LogP contribution in [0.2, 0.25) is 0 Å². The minimum Gasteiger partial charge on any atom is -0.380 e. The zero-order chi connectivity index (χ0) is 13.4. The summed E-state index contributed by atoms with van der Waals surface area (Å²) >= 11 is 0.